The van der Waals surface area contributed by atoms with E-state index >= 15 is 0 Å². The van der Waals surface area contributed by atoms with Crippen molar-refractivity contribution >= 4 is 5.69 Å². The average molecular weight is 218 g/mol. The van der Waals surface area contributed by atoms with E-state index in [-0.39, 0.29) is 0 Å². The van der Waals surface area contributed by atoms with E-state index in [1.54, 1.807) is 19.2 Å². The van der Waals surface area contributed by atoms with Crippen LogP contribution in [0.4, 0.5) is 5.69 Å². The van der Waals surface area contributed by atoms with Crippen molar-refractivity contribution < 1.29 is 4.74 Å². The molecule has 0 aromatic heterocycles. The smallest absolute Gasteiger partial charge is 0.121 e. The van der Waals surface area contributed by atoms with Crippen LogP contribution < -0.4 is 10.1 Å². The van der Waals surface area contributed by atoms with Gasteiger partial charge in [0.05, 0.1) is 18.4 Å². The van der Waals surface area contributed by atoms with E-state index in [0.29, 0.717) is 11.5 Å². The third kappa shape index (κ3) is 3.47. The second-order valence-corrected chi connectivity index (χ2v) is 4.13. The Balaban J connectivity index is 2.72. The molecule has 0 heterocycles. The summed E-state index contributed by atoms with van der Waals surface area (Å²) in [4.78, 5) is 0. The summed E-state index contributed by atoms with van der Waals surface area (Å²) >= 11 is 0. The predicted octanol–water partition coefficient (Wildman–Crippen LogP) is 3.02. The van der Waals surface area contributed by atoms with Gasteiger partial charge in [0.25, 0.3) is 0 Å². The van der Waals surface area contributed by atoms with Crippen LogP contribution in [0.2, 0.25) is 0 Å². The Bertz CT molecular complexity index is 380. The normalized spacial score (nSPS) is 9.94. The number of hydrogen-bond acceptors (Lipinski definition) is 3. The largest absolute Gasteiger partial charge is 0.497 e. The molecule has 1 aromatic rings. The maximum absolute atomic E-state index is 8.96. The molecule has 0 aliphatic rings. The molecule has 1 rings (SSSR count). The number of methoxy groups -OCH3 is 1. The molecule has 16 heavy (non-hydrogen) atoms. The Morgan fingerprint density at radius 3 is 2.75 bits per heavy atom. The number of benzene rings is 1. The van der Waals surface area contributed by atoms with Gasteiger partial charge in [0.2, 0.25) is 0 Å². The first kappa shape index (κ1) is 12.4. The van der Waals surface area contributed by atoms with Crippen molar-refractivity contribution in [2.24, 2.45) is 5.92 Å². The van der Waals surface area contributed by atoms with Crippen molar-refractivity contribution in [1.29, 1.82) is 5.26 Å². The fourth-order valence-corrected chi connectivity index (χ4v) is 1.39. The van der Waals surface area contributed by atoms with Crippen molar-refractivity contribution in [2.45, 2.75) is 20.3 Å². The van der Waals surface area contributed by atoms with Crippen LogP contribution in [0.1, 0.15) is 25.8 Å². The highest BCUT2D eigenvalue weighted by molar-refractivity contribution is 5.60. The maximum Gasteiger partial charge on any atom is 0.121 e. The van der Waals surface area contributed by atoms with Crippen molar-refractivity contribution in [1.82, 2.24) is 0 Å². The van der Waals surface area contributed by atoms with Gasteiger partial charge in [0.1, 0.15) is 11.8 Å². The zero-order valence-electron chi connectivity index (χ0n) is 10.1. The molecule has 0 saturated carbocycles. The number of nitriles is 1. The van der Waals surface area contributed by atoms with Crippen LogP contribution in [0.15, 0.2) is 18.2 Å². The Morgan fingerprint density at radius 2 is 2.19 bits per heavy atom. The molecular weight excluding hydrogens is 200 g/mol. The summed E-state index contributed by atoms with van der Waals surface area (Å²) in [6.45, 7) is 5.23. The van der Waals surface area contributed by atoms with Gasteiger partial charge >= 0.3 is 0 Å². The van der Waals surface area contributed by atoms with Crippen molar-refractivity contribution in [2.75, 3.05) is 19.0 Å². The molecule has 0 aliphatic heterocycles. The Hall–Kier alpha value is -1.69. The Labute approximate surface area is 97.0 Å². The molecule has 86 valence electrons. The topological polar surface area (TPSA) is 45.0 Å². The summed E-state index contributed by atoms with van der Waals surface area (Å²) in [7, 11) is 1.62. The molecular formula is C13H18N2O. The van der Waals surface area contributed by atoms with Gasteiger partial charge in [-0.25, -0.2) is 0 Å². The van der Waals surface area contributed by atoms with Crippen LogP contribution in [0.5, 0.6) is 5.75 Å². The molecule has 3 heteroatoms. The van der Waals surface area contributed by atoms with Gasteiger partial charge in [0, 0.05) is 12.6 Å². The summed E-state index contributed by atoms with van der Waals surface area (Å²) in [6.07, 6.45) is 1.09. The van der Waals surface area contributed by atoms with E-state index in [0.717, 1.165) is 24.4 Å². The first-order valence-electron chi connectivity index (χ1n) is 5.49. The summed E-state index contributed by atoms with van der Waals surface area (Å²) in [6, 6.07) is 7.60. The molecule has 1 aromatic carbocycles. The highest BCUT2D eigenvalue weighted by Gasteiger charge is 2.03. The van der Waals surface area contributed by atoms with Crippen LogP contribution in [-0.2, 0) is 0 Å². The summed E-state index contributed by atoms with van der Waals surface area (Å²) in [5.41, 5.74) is 1.51. The molecule has 0 atom stereocenters. The molecule has 0 unspecified atom stereocenters. The number of rotatable bonds is 5. The van der Waals surface area contributed by atoms with Crippen molar-refractivity contribution in [3.05, 3.63) is 23.8 Å². The molecule has 3 nitrogen and oxygen atoms in total. The van der Waals surface area contributed by atoms with Gasteiger partial charge in [-0.05, 0) is 24.5 Å². The van der Waals surface area contributed by atoms with Crippen molar-refractivity contribution in [3.63, 3.8) is 0 Å². The van der Waals surface area contributed by atoms with Gasteiger partial charge in [-0.3, -0.25) is 0 Å². The quantitative estimate of drug-likeness (QED) is 0.826. The molecule has 0 radical (unpaired) electrons. The second kappa shape index (κ2) is 6.02. The van der Waals surface area contributed by atoms with E-state index < -0.39 is 0 Å². The highest BCUT2D eigenvalue weighted by atomic mass is 16.5. The van der Waals surface area contributed by atoms with Gasteiger partial charge in [0.15, 0.2) is 0 Å². The lowest BCUT2D eigenvalue weighted by atomic mass is 10.1. The molecule has 0 saturated heterocycles. The van der Waals surface area contributed by atoms with Crippen LogP contribution >= 0.6 is 0 Å². The number of hydrogen-bond donors (Lipinski definition) is 1. The minimum atomic E-state index is 0.656. The molecule has 1 N–H and O–H groups in total. The summed E-state index contributed by atoms with van der Waals surface area (Å²) in [5, 5.41) is 12.2. The van der Waals surface area contributed by atoms with Crippen LogP contribution in [0, 0.1) is 17.2 Å². The summed E-state index contributed by atoms with van der Waals surface area (Å²) < 4.78 is 5.13. The van der Waals surface area contributed by atoms with E-state index in [4.69, 9.17) is 10.00 Å². The highest BCUT2D eigenvalue weighted by Crippen LogP contribution is 2.21. The Morgan fingerprint density at radius 1 is 1.44 bits per heavy atom. The van der Waals surface area contributed by atoms with Gasteiger partial charge in [-0.2, -0.15) is 5.26 Å². The average Bonchev–Trinajstić information content (AvgIpc) is 2.28. The zero-order chi connectivity index (χ0) is 12.0. The molecule has 0 amide bonds. The lowest BCUT2D eigenvalue weighted by Gasteiger charge is -2.11. The summed E-state index contributed by atoms with van der Waals surface area (Å²) in [5.74, 6) is 1.43. The number of ether oxygens (including phenoxy) is 1. The van der Waals surface area contributed by atoms with Gasteiger partial charge < -0.3 is 10.1 Å². The molecule has 0 aliphatic carbocycles. The SMILES string of the molecule is COc1ccc(C#N)c(NCCC(C)C)c1. The van der Waals surface area contributed by atoms with Gasteiger partial charge in [-0.15, -0.1) is 0 Å². The van der Waals surface area contributed by atoms with E-state index in [2.05, 4.69) is 25.2 Å². The lowest BCUT2D eigenvalue weighted by Crippen LogP contribution is -2.06. The first-order valence-corrected chi connectivity index (χ1v) is 5.49. The minimum Gasteiger partial charge on any atom is -0.497 e. The van der Waals surface area contributed by atoms with Crippen LogP contribution in [0.25, 0.3) is 0 Å². The third-order valence-corrected chi connectivity index (χ3v) is 2.38. The standard InChI is InChI=1S/C13H18N2O/c1-10(2)6-7-15-13-8-12(16-3)5-4-11(13)9-14/h4-5,8,10,15H,6-7H2,1-3H3. The van der Waals surface area contributed by atoms with Gasteiger partial charge in [-0.1, -0.05) is 13.8 Å². The minimum absolute atomic E-state index is 0.656. The fourth-order valence-electron chi connectivity index (χ4n) is 1.39. The number of nitrogens with zero attached hydrogens (tertiary/aromatic N) is 1. The third-order valence-electron chi connectivity index (χ3n) is 2.38. The van der Waals surface area contributed by atoms with E-state index in [1.165, 1.54) is 0 Å². The monoisotopic (exact) mass is 218 g/mol. The predicted molar refractivity (Wildman–Crippen MR) is 65.7 cm³/mol. The maximum atomic E-state index is 8.96. The Kier molecular flexibility index (Phi) is 4.65. The van der Waals surface area contributed by atoms with Crippen LogP contribution in [-0.4, -0.2) is 13.7 Å². The first-order chi connectivity index (χ1) is 7.67. The van der Waals surface area contributed by atoms with Crippen molar-refractivity contribution in [3.8, 4) is 11.8 Å². The van der Waals surface area contributed by atoms with E-state index in [1.807, 2.05) is 6.07 Å². The number of nitrogens with one attached hydrogen (secondary N) is 1. The second-order valence-electron chi connectivity index (χ2n) is 4.13. The molecule has 0 spiro atoms. The van der Waals surface area contributed by atoms with E-state index in [9.17, 15) is 0 Å². The lowest BCUT2D eigenvalue weighted by molar-refractivity contribution is 0.415. The molecule has 0 fully saturated rings. The fraction of sp³-hybridized carbons (Fsp3) is 0.462. The zero-order valence-corrected chi connectivity index (χ0v) is 10.1. The van der Waals surface area contributed by atoms with Crippen LogP contribution in [0.3, 0.4) is 0 Å². The number of anilines is 1. The molecule has 0 bridgehead atoms.